The Labute approximate surface area is 241 Å². The van der Waals surface area contributed by atoms with Gasteiger partial charge < -0.3 is 31.2 Å². The maximum absolute atomic E-state index is 10.3. The lowest BCUT2D eigenvalue weighted by atomic mass is 9.72. The summed E-state index contributed by atoms with van der Waals surface area (Å²) in [6, 6.07) is 18.8. The Balaban J connectivity index is 1.60. The lowest BCUT2D eigenvalue weighted by molar-refractivity contribution is 0.338. The van der Waals surface area contributed by atoms with Crippen LogP contribution in [0.3, 0.4) is 0 Å². The molecule has 6 nitrogen and oxygen atoms in total. The predicted molar refractivity (Wildman–Crippen MR) is 164 cm³/mol. The minimum atomic E-state index is -0.393. The highest BCUT2D eigenvalue weighted by Crippen LogP contribution is 2.67. The summed E-state index contributed by atoms with van der Waals surface area (Å²) >= 11 is 0. The Morgan fingerprint density at radius 3 is 1.37 bits per heavy atom. The lowest BCUT2D eigenvalue weighted by Crippen LogP contribution is -2.27. The molecule has 1 spiro atoms. The lowest BCUT2D eigenvalue weighted by Gasteiger charge is -2.32. The zero-order valence-electron chi connectivity index (χ0n) is 24.6. The molecule has 0 radical (unpaired) electrons. The molecule has 41 heavy (non-hydrogen) atoms. The molecule has 0 aliphatic heterocycles. The van der Waals surface area contributed by atoms with Crippen molar-refractivity contribution in [3.05, 3.63) is 94.0 Å². The van der Waals surface area contributed by atoms with Crippen LogP contribution in [-0.2, 0) is 16.2 Å². The highest BCUT2D eigenvalue weighted by atomic mass is 16.5. The van der Waals surface area contributed by atoms with Gasteiger partial charge in [-0.1, -0.05) is 39.8 Å². The van der Waals surface area contributed by atoms with E-state index in [9.17, 15) is 10.2 Å². The fraction of sp³-hybridized carbons (Fsp3) is 0.314. The van der Waals surface area contributed by atoms with Crippen LogP contribution < -0.4 is 20.9 Å². The van der Waals surface area contributed by atoms with Crippen LogP contribution in [0.2, 0.25) is 0 Å². The van der Waals surface area contributed by atoms with Crippen LogP contribution in [0.5, 0.6) is 34.5 Å². The van der Waals surface area contributed by atoms with E-state index in [2.05, 4.69) is 65.8 Å². The largest absolute Gasteiger partial charge is 0.506 e. The van der Waals surface area contributed by atoms with Crippen molar-refractivity contribution in [1.82, 2.24) is 0 Å². The monoisotopic (exact) mass is 550 g/mol. The third-order valence-corrected chi connectivity index (χ3v) is 8.86. The summed E-state index contributed by atoms with van der Waals surface area (Å²) in [6.07, 6.45) is 1.76. The molecule has 6 heteroatoms. The van der Waals surface area contributed by atoms with Crippen molar-refractivity contribution in [1.29, 1.82) is 0 Å². The second-order valence-electron chi connectivity index (χ2n) is 13.2. The summed E-state index contributed by atoms with van der Waals surface area (Å²) in [6.45, 7) is 13.4. The Morgan fingerprint density at radius 1 is 0.610 bits per heavy atom. The molecule has 0 bridgehead atoms. The second kappa shape index (κ2) is 8.84. The minimum Gasteiger partial charge on any atom is -0.506 e. The molecule has 0 aromatic heterocycles. The number of phenols is 2. The Kier molecular flexibility index (Phi) is 5.79. The molecule has 0 saturated heterocycles. The van der Waals surface area contributed by atoms with Gasteiger partial charge in [0.25, 0.3) is 0 Å². The number of benzene rings is 4. The number of rotatable bonds is 4. The SMILES string of the molecule is Cc1cc(Oc2ccc(N)c(O)c2)c2c(c1)C(C)(C)CC21CC(C)(C)c2cc(C)cc(Oc3ccc(N)c(O)c3)c21. The summed E-state index contributed by atoms with van der Waals surface area (Å²) < 4.78 is 13.2. The molecule has 0 fully saturated rings. The van der Waals surface area contributed by atoms with Gasteiger partial charge in [0.2, 0.25) is 0 Å². The van der Waals surface area contributed by atoms with Crippen molar-refractivity contribution >= 4 is 11.4 Å². The molecule has 2 aliphatic carbocycles. The standard InChI is InChI=1S/C35H38N2O4/c1-19-11-23-31(29(13-19)40-21-7-9-25(36)27(38)15-21)35(17-33(23,3)4)18-34(5,6)24-12-20(2)14-30(32(24)35)41-22-8-10-26(37)28(39)16-22/h7-16,38-39H,17-18,36-37H2,1-6H3. The van der Waals surface area contributed by atoms with Gasteiger partial charge in [-0.15, -0.1) is 0 Å². The van der Waals surface area contributed by atoms with Gasteiger partial charge in [-0.2, -0.15) is 0 Å². The molecule has 0 unspecified atom stereocenters. The Hall–Kier alpha value is -4.32. The third-order valence-electron chi connectivity index (χ3n) is 8.86. The molecule has 6 N–H and O–H groups in total. The number of aryl methyl sites for hydroxylation is 2. The summed E-state index contributed by atoms with van der Waals surface area (Å²) in [5.74, 6) is 2.59. The van der Waals surface area contributed by atoms with Gasteiger partial charge in [-0.25, -0.2) is 0 Å². The van der Waals surface area contributed by atoms with Crippen LogP contribution in [0.1, 0.15) is 73.9 Å². The molecule has 2 aliphatic rings. The first-order valence-electron chi connectivity index (χ1n) is 14.0. The molecule has 0 heterocycles. The summed E-state index contributed by atoms with van der Waals surface area (Å²) in [5, 5.41) is 20.6. The Bertz CT molecular complexity index is 1590. The smallest absolute Gasteiger partial charge is 0.142 e. The maximum atomic E-state index is 10.3. The van der Waals surface area contributed by atoms with Crippen molar-refractivity contribution in [2.75, 3.05) is 11.5 Å². The summed E-state index contributed by atoms with van der Waals surface area (Å²) in [4.78, 5) is 0. The first kappa shape index (κ1) is 26.9. The van der Waals surface area contributed by atoms with E-state index in [0.717, 1.165) is 46.6 Å². The van der Waals surface area contributed by atoms with E-state index in [4.69, 9.17) is 20.9 Å². The van der Waals surface area contributed by atoms with Gasteiger partial charge in [0.05, 0.1) is 11.4 Å². The highest BCUT2D eigenvalue weighted by Gasteiger charge is 2.59. The van der Waals surface area contributed by atoms with Crippen LogP contribution in [0.25, 0.3) is 0 Å². The van der Waals surface area contributed by atoms with Gasteiger partial charge in [0, 0.05) is 28.7 Å². The average Bonchev–Trinajstić information content (AvgIpc) is 3.22. The zero-order valence-corrected chi connectivity index (χ0v) is 24.6. The Morgan fingerprint density at radius 2 is 1.00 bits per heavy atom. The summed E-state index contributed by atoms with van der Waals surface area (Å²) in [5.41, 5.74) is 18.7. The molecule has 212 valence electrons. The first-order chi connectivity index (χ1) is 19.2. The van der Waals surface area contributed by atoms with Gasteiger partial charge in [-0.05, 0) is 96.2 Å². The van der Waals surface area contributed by atoms with Gasteiger partial charge >= 0.3 is 0 Å². The van der Waals surface area contributed by atoms with E-state index in [1.807, 2.05) is 0 Å². The van der Waals surface area contributed by atoms with Crippen molar-refractivity contribution in [3.63, 3.8) is 0 Å². The number of aromatic hydroxyl groups is 2. The van der Waals surface area contributed by atoms with Crippen LogP contribution in [0, 0.1) is 13.8 Å². The van der Waals surface area contributed by atoms with Crippen molar-refractivity contribution in [2.24, 2.45) is 0 Å². The maximum Gasteiger partial charge on any atom is 0.142 e. The minimum absolute atomic E-state index is 0.00732. The fourth-order valence-corrected chi connectivity index (χ4v) is 7.39. The molecule has 4 aromatic carbocycles. The zero-order chi connectivity index (χ0) is 29.5. The van der Waals surface area contributed by atoms with E-state index >= 15 is 0 Å². The topological polar surface area (TPSA) is 111 Å². The molecular formula is C35H38N2O4. The molecule has 6 rings (SSSR count). The predicted octanol–water partition coefficient (Wildman–Crippen LogP) is 8.11. The van der Waals surface area contributed by atoms with E-state index in [-0.39, 0.29) is 22.3 Å². The van der Waals surface area contributed by atoms with E-state index in [1.54, 1.807) is 36.4 Å². The van der Waals surface area contributed by atoms with Crippen LogP contribution in [-0.4, -0.2) is 10.2 Å². The van der Waals surface area contributed by atoms with Gasteiger partial charge in [0.15, 0.2) is 0 Å². The van der Waals surface area contributed by atoms with E-state index in [0.29, 0.717) is 22.9 Å². The van der Waals surface area contributed by atoms with Crippen molar-refractivity contribution < 1.29 is 19.7 Å². The van der Waals surface area contributed by atoms with Crippen molar-refractivity contribution in [3.8, 4) is 34.5 Å². The number of ether oxygens (including phenoxy) is 2. The average molecular weight is 551 g/mol. The number of phenolic OH excluding ortho intramolecular Hbond substituents is 2. The van der Waals surface area contributed by atoms with Gasteiger partial charge in [0.1, 0.15) is 34.5 Å². The molecule has 0 amide bonds. The quantitative estimate of drug-likeness (QED) is 0.151. The molecule has 0 saturated carbocycles. The van der Waals surface area contributed by atoms with Crippen LogP contribution >= 0.6 is 0 Å². The number of anilines is 2. The fourth-order valence-electron chi connectivity index (χ4n) is 7.39. The molecular weight excluding hydrogens is 512 g/mol. The van der Waals surface area contributed by atoms with E-state index in [1.165, 1.54) is 11.1 Å². The number of nitrogens with two attached hydrogens (primary N) is 2. The number of hydrogen-bond donors (Lipinski definition) is 4. The number of nitrogen functional groups attached to an aromatic ring is 2. The second-order valence-corrected chi connectivity index (χ2v) is 13.2. The molecule has 0 atom stereocenters. The van der Waals surface area contributed by atoms with Crippen LogP contribution in [0.15, 0.2) is 60.7 Å². The number of fused-ring (bicyclic) bond motifs is 4. The number of hydrogen-bond acceptors (Lipinski definition) is 6. The summed E-state index contributed by atoms with van der Waals surface area (Å²) in [7, 11) is 0. The van der Waals surface area contributed by atoms with Crippen LogP contribution in [0.4, 0.5) is 11.4 Å². The van der Waals surface area contributed by atoms with Gasteiger partial charge in [-0.3, -0.25) is 0 Å². The normalized spacial score (nSPS) is 17.3. The first-order valence-corrected chi connectivity index (χ1v) is 14.0. The third kappa shape index (κ3) is 4.24. The van der Waals surface area contributed by atoms with Crippen molar-refractivity contribution in [2.45, 2.75) is 70.6 Å². The van der Waals surface area contributed by atoms with E-state index < -0.39 is 5.41 Å². The molecule has 4 aromatic rings. The highest BCUT2D eigenvalue weighted by molar-refractivity contribution is 5.69.